The molecule has 74 valence electrons. The lowest BCUT2D eigenvalue weighted by Gasteiger charge is -1.97. The number of benzene rings is 1. The van der Waals surface area contributed by atoms with E-state index in [9.17, 15) is 9.90 Å². The molecule has 0 spiro atoms. The van der Waals surface area contributed by atoms with Gasteiger partial charge in [-0.15, -0.1) is 0 Å². The van der Waals surface area contributed by atoms with Crippen LogP contribution in [0.2, 0.25) is 0 Å². The minimum absolute atomic E-state index is 0.134. The molecule has 1 rings (SSSR count). The molecule has 0 fully saturated rings. The smallest absolute Gasteiger partial charge is 0.298 e. The summed E-state index contributed by atoms with van der Waals surface area (Å²) in [5.74, 6) is 0.134. The quantitative estimate of drug-likeness (QED) is 0.578. The van der Waals surface area contributed by atoms with Crippen LogP contribution in [0, 0.1) is 0 Å². The van der Waals surface area contributed by atoms with Crippen LogP contribution in [0.1, 0.15) is 5.56 Å². The number of hydrogen-bond acceptors (Lipinski definition) is 4. The summed E-state index contributed by atoms with van der Waals surface area (Å²) >= 11 is 1.04. The third-order valence-corrected chi connectivity index (χ3v) is 1.94. The van der Waals surface area contributed by atoms with Gasteiger partial charge in [-0.05, 0) is 18.4 Å². The van der Waals surface area contributed by atoms with Gasteiger partial charge in [0.25, 0.3) is 5.24 Å². The van der Waals surface area contributed by atoms with Gasteiger partial charge in [0, 0.05) is 5.56 Å². The van der Waals surface area contributed by atoms with Crippen molar-refractivity contribution in [2.75, 3.05) is 6.26 Å². The second kappa shape index (κ2) is 5.29. The van der Waals surface area contributed by atoms with Gasteiger partial charge in [0.2, 0.25) is 0 Å². The first-order valence-corrected chi connectivity index (χ1v) is 5.11. The highest BCUT2D eigenvalue weighted by atomic mass is 32.2. The first-order valence-electron chi connectivity index (χ1n) is 3.89. The monoisotopic (exact) mass is 210 g/mol. The summed E-state index contributed by atoms with van der Waals surface area (Å²) in [5, 5.41) is 12.8. The summed E-state index contributed by atoms with van der Waals surface area (Å²) in [6, 6.07) is 6.74. The number of rotatable bonds is 2. The van der Waals surface area contributed by atoms with E-state index >= 15 is 0 Å². The first-order chi connectivity index (χ1) is 6.74. The normalized spacial score (nSPS) is 10.4. The molecule has 5 heteroatoms. The van der Waals surface area contributed by atoms with Gasteiger partial charge in [-0.25, -0.2) is 5.43 Å². The Bertz CT molecular complexity index is 352. The Morgan fingerprint density at radius 3 is 2.93 bits per heavy atom. The van der Waals surface area contributed by atoms with Crippen LogP contribution in [0.4, 0.5) is 4.79 Å². The molecule has 0 heterocycles. The molecule has 1 amide bonds. The largest absolute Gasteiger partial charge is 0.507 e. The van der Waals surface area contributed by atoms with Crippen molar-refractivity contribution in [2.45, 2.75) is 0 Å². The fourth-order valence-electron chi connectivity index (χ4n) is 0.797. The van der Waals surface area contributed by atoms with E-state index in [1.807, 2.05) is 0 Å². The van der Waals surface area contributed by atoms with Gasteiger partial charge in [-0.3, -0.25) is 4.79 Å². The van der Waals surface area contributed by atoms with Gasteiger partial charge in [0.15, 0.2) is 0 Å². The summed E-state index contributed by atoms with van der Waals surface area (Å²) in [6.45, 7) is 0. The minimum Gasteiger partial charge on any atom is -0.507 e. The molecule has 0 radical (unpaired) electrons. The fraction of sp³-hybridized carbons (Fsp3) is 0.111. The number of nitrogens with one attached hydrogen (secondary N) is 1. The van der Waals surface area contributed by atoms with Gasteiger partial charge < -0.3 is 5.11 Å². The number of hydrogen-bond donors (Lipinski definition) is 2. The fourth-order valence-corrected chi connectivity index (χ4v) is 0.941. The van der Waals surface area contributed by atoms with E-state index in [2.05, 4.69) is 10.5 Å². The molecule has 0 atom stereocenters. The molecule has 1 aromatic rings. The van der Waals surface area contributed by atoms with E-state index in [4.69, 9.17) is 0 Å². The zero-order valence-corrected chi connectivity index (χ0v) is 8.41. The highest BCUT2D eigenvalue weighted by molar-refractivity contribution is 8.12. The molecular formula is C9H10N2O2S. The molecule has 2 N–H and O–H groups in total. The number of carbonyl (C=O) groups is 1. The molecule has 0 saturated heterocycles. The van der Waals surface area contributed by atoms with Gasteiger partial charge in [0.1, 0.15) is 5.75 Å². The van der Waals surface area contributed by atoms with Crippen LogP contribution in [-0.2, 0) is 0 Å². The number of amides is 1. The third kappa shape index (κ3) is 3.10. The minimum atomic E-state index is -0.239. The van der Waals surface area contributed by atoms with E-state index < -0.39 is 0 Å². The van der Waals surface area contributed by atoms with Crippen molar-refractivity contribution in [1.29, 1.82) is 0 Å². The van der Waals surface area contributed by atoms with Crippen LogP contribution in [0.15, 0.2) is 29.4 Å². The molecule has 0 aliphatic rings. The molecule has 0 aromatic heterocycles. The van der Waals surface area contributed by atoms with E-state index in [-0.39, 0.29) is 11.0 Å². The lowest BCUT2D eigenvalue weighted by atomic mass is 10.2. The molecule has 0 aliphatic heterocycles. The first kappa shape index (κ1) is 10.6. The van der Waals surface area contributed by atoms with E-state index in [0.717, 1.165) is 11.8 Å². The number of nitrogens with zero attached hydrogens (tertiary/aromatic N) is 1. The SMILES string of the molecule is CSC(=O)N/N=C/c1ccccc1O. The number of aromatic hydroxyl groups is 1. The van der Waals surface area contributed by atoms with Crippen molar-refractivity contribution >= 4 is 23.2 Å². The number of carbonyl (C=O) groups excluding carboxylic acids is 1. The molecule has 1 aromatic carbocycles. The second-order valence-corrected chi connectivity index (χ2v) is 3.20. The summed E-state index contributed by atoms with van der Waals surface area (Å²) in [4.78, 5) is 10.8. The van der Waals surface area contributed by atoms with E-state index in [1.54, 1.807) is 30.5 Å². The van der Waals surface area contributed by atoms with Crippen molar-refractivity contribution in [3.05, 3.63) is 29.8 Å². The summed E-state index contributed by atoms with van der Waals surface area (Å²) in [5.41, 5.74) is 2.85. The second-order valence-electron chi connectivity index (χ2n) is 2.42. The third-order valence-electron chi connectivity index (χ3n) is 1.48. The maximum absolute atomic E-state index is 10.8. The molecular weight excluding hydrogens is 200 g/mol. The Labute approximate surface area is 86.0 Å². The Kier molecular flexibility index (Phi) is 4.00. The summed E-state index contributed by atoms with van der Waals surface area (Å²) < 4.78 is 0. The Morgan fingerprint density at radius 1 is 1.57 bits per heavy atom. The van der Waals surface area contributed by atoms with Gasteiger partial charge in [-0.2, -0.15) is 5.10 Å². The maximum atomic E-state index is 10.8. The predicted molar refractivity (Wildman–Crippen MR) is 57.7 cm³/mol. The van der Waals surface area contributed by atoms with E-state index in [0.29, 0.717) is 5.56 Å². The number of thioether (sulfide) groups is 1. The van der Waals surface area contributed by atoms with Gasteiger partial charge in [-0.1, -0.05) is 23.9 Å². The Morgan fingerprint density at radius 2 is 2.29 bits per heavy atom. The van der Waals surface area contributed by atoms with E-state index in [1.165, 1.54) is 6.21 Å². The zero-order chi connectivity index (χ0) is 10.4. The molecule has 14 heavy (non-hydrogen) atoms. The Balaban J connectivity index is 2.60. The predicted octanol–water partition coefficient (Wildman–Crippen LogP) is 1.80. The zero-order valence-electron chi connectivity index (χ0n) is 7.60. The van der Waals surface area contributed by atoms with Crippen molar-refractivity contribution in [3.8, 4) is 5.75 Å². The average molecular weight is 210 g/mol. The molecule has 0 unspecified atom stereocenters. The van der Waals surface area contributed by atoms with Crippen molar-refractivity contribution in [3.63, 3.8) is 0 Å². The van der Waals surface area contributed by atoms with Gasteiger partial charge >= 0.3 is 0 Å². The van der Waals surface area contributed by atoms with Crippen LogP contribution < -0.4 is 5.43 Å². The highest BCUT2D eigenvalue weighted by Crippen LogP contribution is 2.12. The average Bonchev–Trinajstić information content (AvgIpc) is 2.20. The highest BCUT2D eigenvalue weighted by Gasteiger charge is 1.95. The molecule has 0 saturated carbocycles. The maximum Gasteiger partial charge on any atom is 0.298 e. The molecule has 0 bridgehead atoms. The number of phenolic OH excluding ortho intramolecular Hbond substituents is 1. The van der Waals surface area contributed by atoms with Crippen molar-refractivity contribution in [1.82, 2.24) is 5.43 Å². The van der Waals surface area contributed by atoms with Crippen LogP contribution in [-0.4, -0.2) is 22.8 Å². The van der Waals surface area contributed by atoms with Crippen LogP contribution >= 0.6 is 11.8 Å². The van der Waals surface area contributed by atoms with Crippen LogP contribution in [0.5, 0.6) is 5.75 Å². The van der Waals surface area contributed by atoms with Crippen LogP contribution in [0.3, 0.4) is 0 Å². The topological polar surface area (TPSA) is 61.7 Å². The van der Waals surface area contributed by atoms with Crippen molar-refractivity contribution in [2.24, 2.45) is 5.10 Å². The van der Waals surface area contributed by atoms with Crippen molar-refractivity contribution < 1.29 is 9.90 Å². The number of para-hydroxylation sites is 1. The summed E-state index contributed by atoms with van der Waals surface area (Å²) in [7, 11) is 0. The summed E-state index contributed by atoms with van der Waals surface area (Å²) in [6.07, 6.45) is 3.05. The van der Waals surface area contributed by atoms with Gasteiger partial charge in [0.05, 0.1) is 6.21 Å². The standard InChI is InChI=1S/C9H10N2O2S/c1-14-9(13)11-10-6-7-4-2-3-5-8(7)12/h2-6,12H,1H3,(H,11,13)/b10-6+. The molecule has 4 nitrogen and oxygen atoms in total. The lowest BCUT2D eigenvalue weighted by Crippen LogP contribution is -2.10. The number of phenols is 1. The molecule has 0 aliphatic carbocycles. The van der Waals surface area contributed by atoms with Crippen LogP contribution in [0.25, 0.3) is 0 Å². The Hall–Kier alpha value is -1.49. The lowest BCUT2D eigenvalue weighted by molar-refractivity contribution is 0.261. The number of hydrazone groups is 1.